The number of rotatable bonds is 7. The molecule has 0 bridgehead atoms. The summed E-state index contributed by atoms with van der Waals surface area (Å²) in [4.78, 5) is 14.0. The van der Waals surface area contributed by atoms with Gasteiger partial charge in [-0.3, -0.25) is 0 Å². The van der Waals surface area contributed by atoms with Crippen molar-refractivity contribution in [3.8, 4) is 0 Å². The molecule has 1 aliphatic heterocycles. The maximum atomic E-state index is 12.2. The van der Waals surface area contributed by atoms with Crippen molar-refractivity contribution in [2.45, 2.75) is 64.6 Å². The highest BCUT2D eigenvalue weighted by Gasteiger charge is 2.32. The molecule has 2 N–H and O–H groups in total. The minimum Gasteiger partial charge on any atom is -0.444 e. The molecule has 1 aliphatic rings. The van der Waals surface area contributed by atoms with Gasteiger partial charge in [-0.1, -0.05) is 0 Å². The molecule has 1 saturated heterocycles. The van der Waals surface area contributed by atoms with Crippen LogP contribution in [0.25, 0.3) is 0 Å². The summed E-state index contributed by atoms with van der Waals surface area (Å²) >= 11 is 0. The zero-order valence-electron chi connectivity index (χ0n) is 14.9. The molecule has 7 nitrogen and oxygen atoms in total. The van der Waals surface area contributed by atoms with E-state index in [1.165, 1.54) is 0 Å². The van der Waals surface area contributed by atoms with Gasteiger partial charge in [0, 0.05) is 31.7 Å². The summed E-state index contributed by atoms with van der Waals surface area (Å²) in [5, 5.41) is 3.28. The van der Waals surface area contributed by atoms with Crippen LogP contribution in [0.1, 0.15) is 47.0 Å². The van der Waals surface area contributed by atoms with E-state index >= 15 is 0 Å². The number of nitrogens with one attached hydrogen (secondary N) is 2. The van der Waals surface area contributed by atoms with Crippen LogP contribution in [0.2, 0.25) is 0 Å². The van der Waals surface area contributed by atoms with Crippen LogP contribution in [0.15, 0.2) is 0 Å². The summed E-state index contributed by atoms with van der Waals surface area (Å²) in [6.45, 7) is 9.32. The zero-order chi connectivity index (χ0) is 17.7. The highest BCUT2D eigenvalue weighted by atomic mass is 32.2. The van der Waals surface area contributed by atoms with Crippen LogP contribution in [-0.4, -0.2) is 63.0 Å². The van der Waals surface area contributed by atoms with E-state index in [1.54, 1.807) is 0 Å². The minimum absolute atomic E-state index is 0.176. The minimum atomic E-state index is -3.14. The molecular weight excluding hydrogens is 318 g/mol. The SMILES string of the molecule is CC(CC1CCCN1C(=O)OC(C)(C)C)NCCNS(C)(=O)=O. The lowest BCUT2D eigenvalue weighted by molar-refractivity contribution is 0.0214. The Balaban J connectivity index is 2.38. The standard InChI is InChI=1S/C15H31N3O4S/c1-12(16-8-9-17-23(5,20)21)11-13-7-6-10-18(13)14(19)22-15(2,3)4/h12-13,16-17H,6-11H2,1-5H3. The first-order valence-electron chi connectivity index (χ1n) is 8.15. The third-order valence-corrected chi connectivity index (χ3v) is 4.34. The molecule has 0 aliphatic carbocycles. The van der Waals surface area contributed by atoms with E-state index in [4.69, 9.17) is 4.74 Å². The van der Waals surface area contributed by atoms with Gasteiger partial charge in [0.15, 0.2) is 0 Å². The third-order valence-electron chi connectivity index (χ3n) is 3.61. The molecule has 0 saturated carbocycles. The van der Waals surface area contributed by atoms with E-state index < -0.39 is 15.6 Å². The summed E-state index contributed by atoms with van der Waals surface area (Å²) in [7, 11) is -3.14. The smallest absolute Gasteiger partial charge is 0.410 e. The van der Waals surface area contributed by atoms with Crippen LogP contribution in [0.3, 0.4) is 0 Å². The van der Waals surface area contributed by atoms with Crippen LogP contribution in [-0.2, 0) is 14.8 Å². The number of sulfonamides is 1. The third kappa shape index (κ3) is 8.53. The number of likely N-dealkylation sites (tertiary alicyclic amines) is 1. The van der Waals surface area contributed by atoms with E-state index in [2.05, 4.69) is 10.0 Å². The molecule has 23 heavy (non-hydrogen) atoms. The molecular formula is C15H31N3O4S. The quantitative estimate of drug-likeness (QED) is 0.677. The Kier molecular flexibility index (Phi) is 7.29. The van der Waals surface area contributed by atoms with Crippen molar-refractivity contribution in [3.63, 3.8) is 0 Å². The normalized spacial score (nSPS) is 20.6. The second-order valence-electron chi connectivity index (χ2n) is 7.23. The Morgan fingerprint density at radius 2 is 2.00 bits per heavy atom. The van der Waals surface area contributed by atoms with Gasteiger partial charge in [0.05, 0.1) is 6.26 Å². The van der Waals surface area contributed by atoms with E-state index in [0.717, 1.165) is 32.1 Å². The fourth-order valence-corrected chi connectivity index (χ4v) is 3.16. The van der Waals surface area contributed by atoms with Crippen LogP contribution in [0.4, 0.5) is 4.79 Å². The van der Waals surface area contributed by atoms with Crippen molar-refractivity contribution < 1.29 is 17.9 Å². The molecule has 1 amide bonds. The predicted octanol–water partition coefficient (Wildman–Crippen LogP) is 1.30. The Bertz CT molecular complexity index is 487. The number of carbonyl (C=O) groups excluding carboxylic acids is 1. The van der Waals surface area contributed by atoms with E-state index in [-0.39, 0.29) is 18.2 Å². The van der Waals surface area contributed by atoms with Crippen molar-refractivity contribution in [3.05, 3.63) is 0 Å². The van der Waals surface area contributed by atoms with Gasteiger partial charge in [-0.05, 0) is 47.0 Å². The predicted molar refractivity (Wildman–Crippen MR) is 90.9 cm³/mol. The highest BCUT2D eigenvalue weighted by Crippen LogP contribution is 2.23. The monoisotopic (exact) mass is 349 g/mol. The summed E-state index contributed by atoms with van der Waals surface area (Å²) in [5.41, 5.74) is -0.481. The summed E-state index contributed by atoms with van der Waals surface area (Å²) < 4.78 is 29.9. The molecule has 0 aromatic rings. The molecule has 1 fully saturated rings. The summed E-state index contributed by atoms with van der Waals surface area (Å²) in [6, 6.07) is 0.375. The first-order valence-corrected chi connectivity index (χ1v) is 10.0. The van der Waals surface area contributed by atoms with Gasteiger partial charge < -0.3 is 15.0 Å². The lowest BCUT2D eigenvalue weighted by Crippen LogP contribution is -2.43. The molecule has 0 aromatic carbocycles. The second kappa shape index (κ2) is 8.30. The first kappa shape index (κ1) is 20.2. The maximum absolute atomic E-state index is 12.2. The van der Waals surface area contributed by atoms with E-state index in [1.807, 2.05) is 32.6 Å². The van der Waals surface area contributed by atoms with E-state index in [0.29, 0.717) is 13.1 Å². The molecule has 1 rings (SSSR count). The van der Waals surface area contributed by atoms with Gasteiger partial charge in [0.2, 0.25) is 10.0 Å². The Morgan fingerprint density at radius 3 is 2.57 bits per heavy atom. The molecule has 136 valence electrons. The summed E-state index contributed by atoms with van der Waals surface area (Å²) in [6.07, 6.45) is 3.70. The van der Waals surface area contributed by atoms with Crippen LogP contribution in [0.5, 0.6) is 0 Å². The van der Waals surface area contributed by atoms with Gasteiger partial charge in [-0.25, -0.2) is 17.9 Å². The molecule has 0 spiro atoms. The Morgan fingerprint density at radius 1 is 1.35 bits per heavy atom. The fourth-order valence-electron chi connectivity index (χ4n) is 2.69. The number of hydrogen-bond donors (Lipinski definition) is 2. The first-order chi connectivity index (χ1) is 10.5. The number of hydrogen-bond acceptors (Lipinski definition) is 5. The lowest BCUT2D eigenvalue weighted by atomic mass is 10.1. The molecule has 8 heteroatoms. The largest absolute Gasteiger partial charge is 0.444 e. The zero-order valence-corrected chi connectivity index (χ0v) is 15.7. The molecule has 2 atom stereocenters. The average molecular weight is 349 g/mol. The van der Waals surface area contributed by atoms with Crippen molar-refractivity contribution in [2.24, 2.45) is 0 Å². The van der Waals surface area contributed by atoms with Gasteiger partial charge in [-0.2, -0.15) is 0 Å². The topological polar surface area (TPSA) is 87.7 Å². The van der Waals surface area contributed by atoms with Crippen molar-refractivity contribution in [1.29, 1.82) is 0 Å². The number of ether oxygens (including phenoxy) is 1. The molecule has 0 aromatic heterocycles. The maximum Gasteiger partial charge on any atom is 0.410 e. The van der Waals surface area contributed by atoms with Crippen LogP contribution < -0.4 is 10.0 Å². The Labute approximate surface area is 140 Å². The molecule has 1 heterocycles. The van der Waals surface area contributed by atoms with Crippen molar-refractivity contribution in [2.75, 3.05) is 25.9 Å². The lowest BCUT2D eigenvalue weighted by Gasteiger charge is -2.30. The summed E-state index contributed by atoms with van der Waals surface area (Å²) in [5.74, 6) is 0. The number of amides is 1. The molecule has 2 unspecified atom stereocenters. The highest BCUT2D eigenvalue weighted by molar-refractivity contribution is 7.88. The van der Waals surface area contributed by atoms with Gasteiger partial charge in [0.25, 0.3) is 0 Å². The molecule has 0 radical (unpaired) electrons. The van der Waals surface area contributed by atoms with Crippen molar-refractivity contribution >= 4 is 16.1 Å². The Hall–Kier alpha value is -0.860. The van der Waals surface area contributed by atoms with Gasteiger partial charge >= 0.3 is 6.09 Å². The average Bonchev–Trinajstić information content (AvgIpc) is 2.79. The van der Waals surface area contributed by atoms with Crippen LogP contribution >= 0.6 is 0 Å². The number of carbonyl (C=O) groups is 1. The number of nitrogens with zero attached hydrogens (tertiary/aromatic N) is 1. The van der Waals surface area contributed by atoms with E-state index in [9.17, 15) is 13.2 Å². The van der Waals surface area contributed by atoms with Gasteiger partial charge in [-0.15, -0.1) is 0 Å². The van der Waals surface area contributed by atoms with Gasteiger partial charge in [0.1, 0.15) is 5.60 Å². The fraction of sp³-hybridized carbons (Fsp3) is 0.933. The van der Waals surface area contributed by atoms with Crippen LogP contribution in [0, 0.1) is 0 Å². The second-order valence-corrected chi connectivity index (χ2v) is 9.06. The van der Waals surface area contributed by atoms with Crippen molar-refractivity contribution in [1.82, 2.24) is 14.9 Å².